The highest BCUT2D eigenvalue weighted by Gasteiger charge is 2.15. The third-order valence-electron chi connectivity index (χ3n) is 2.35. The summed E-state index contributed by atoms with van der Waals surface area (Å²) >= 11 is 0. The molecule has 4 N–H and O–H groups in total. The van der Waals surface area contributed by atoms with E-state index in [1.807, 2.05) is 0 Å². The second-order valence-corrected chi connectivity index (χ2v) is 5.62. The molecule has 0 rings (SSSR count). The summed E-state index contributed by atoms with van der Waals surface area (Å²) in [4.78, 5) is 26.9. The van der Waals surface area contributed by atoms with E-state index in [0.29, 0.717) is 32.2 Å². The number of alkyl carbamates (subject to hydrolysis) is 1. The number of nitrogens with one attached hydrogen (secondary N) is 4. The van der Waals surface area contributed by atoms with Gasteiger partial charge in [0, 0.05) is 33.8 Å². The van der Waals surface area contributed by atoms with Gasteiger partial charge in [-0.15, -0.1) is 0 Å². The van der Waals surface area contributed by atoms with E-state index >= 15 is 0 Å². The van der Waals surface area contributed by atoms with Crippen LogP contribution in [0.5, 0.6) is 0 Å². The van der Waals surface area contributed by atoms with E-state index in [-0.39, 0.29) is 12.5 Å². The van der Waals surface area contributed by atoms with Crippen molar-refractivity contribution in [2.75, 3.05) is 46.9 Å². The summed E-state index contributed by atoms with van der Waals surface area (Å²) in [6.07, 6.45) is -0.472. The molecule has 0 fully saturated rings. The monoisotopic (exact) mass is 331 g/mol. The fourth-order valence-corrected chi connectivity index (χ4v) is 1.40. The van der Waals surface area contributed by atoms with Crippen molar-refractivity contribution in [2.24, 2.45) is 4.99 Å². The minimum absolute atomic E-state index is 0.100. The predicted molar refractivity (Wildman–Crippen MR) is 88.5 cm³/mol. The fraction of sp³-hybridized carbons (Fsp3) is 0.786. The van der Waals surface area contributed by atoms with Crippen molar-refractivity contribution in [3.63, 3.8) is 0 Å². The molecular formula is C14H29N5O4. The summed E-state index contributed by atoms with van der Waals surface area (Å²) < 4.78 is 9.95. The van der Waals surface area contributed by atoms with E-state index in [9.17, 15) is 9.59 Å². The summed E-state index contributed by atoms with van der Waals surface area (Å²) in [5, 5.41) is 11.1. The Morgan fingerprint density at radius 3 is 2.22 bits per heavy atom. The molecule has 9 heteroatoms. The maximum absolute atomic E-state index is 11.5. The Morgan fingerprint density at radius 2 is 1.65 bits per heavy atom. The Balaban J connectivity index is 3.82. The molecule has 0 radical (unpaired) electrons. The van der Waals surface area contributed by atoms with E-state index in [0.717, 1.165) is 0 Å². The Labute approximate surface area is 137 Å². The van der Waals surface area contributed by atoms with Crippen LogP contribution in [-0.4, -0.2) is 70.5 Å². The van der Waals surface area contributed by atoms with Gasteiger partial charge in [-0.3, -0.25) is 9.79 Å². The van der Waals surface area contributed by atoms with Crippen molar-refractivity contribution in [3.8, 4) is 0 Å². The topological polar surface area (TPSA) is 113 Å². The van der Waals surface area contributed by atoms with Crippen LogP contribution in [0, 0.1) is 0 Å². The second kappa shape index (κ2) is 11.5. The van der Waals surface area contributed by atoms with E-state index in [1.165, 1.54) is 0 Å². The lowest BCUT2D eigenvalue weighted by atomic mass is 10.2. The number of aliphatic imine (C=N–C) groups is 1. The highest BCUT2D eigenvalue weighted by molar-refractivity contribution is 5.86. The molecule has 23 heavy (non-hydrogen) atoms. The quantitative estimate of drug-likeness (QED) is 0.269. The molecular weight excluding hydrogens is 302 g/mol. The molecule has 0 aliphatic rings. The maximum atomic E-state index is 11.5. The molecule has 0 aromatic carbocycles. The fourth-order valence-electron chi connectivity index (χ4n) is 1.40. The first-order valence-electron chi connectivity index (χ1n) is 7.45. The number of hydrogen-bond acceptors (Lipinski definition) is 5. The molecule has 0 atom stereocenters. The van der Waals surface area contributed by atoms with Gasteiger partial charge >= 0.3 is 6.09 Å². The molecule has 0 aromatic heterocycles. The summed E-state index contributed by atoms with van der Waals surface area (Å²) in [5.41, 5.74) is -0.523. The average molecular weight is 331 g/mol. The van der Waals surface area contributed by atoms with Crippen LogP contribution in [0.15, 0.2) is 4.99 Å². The van der Waals surface area contributed by atoms with Crippen molar-refractivity contribution in [3.05, 3.63) is 0 Å². The van der Waals surface area contributed by atoms with Gasteiger partial charge in [-0.2, -0.15) is 0 Å². The molecule has 0 aromatic rings. The van der Waals surface area contributed by atoms with Gasteiger partial charge in [0.15, 0.2) is 5.96 Å². The largest absolute Gasteiger partial charge is 0.444 e. The first-order chi connectivity index (χ1) is 10.8. The van der Waals surface area contributed by atoms with Crippen LogP contribution in [0.4, 0.5) is 4.79 Å². The van der Waals surface area contributed by atoms with Crippen LogP contribution in [0.25, 0.3) is 0 Å². The number of carbonyl (C=O) groups excluding carboxylic acids is 2. The third-order valence-corrected chi connectivity index (χ3v) is 2.35. The molecule has 0 unspecified atom stereocenters. The summed E-state index contributed by atoms with van der Waals surface area (Å²) in [5.74, 6) is 0.315. The minimum atomic E-state index is -0.523. The zero-order valence-corrected chi connectivity index (χ0v) is 14.6. The molecule has 0 aliphatic heterocycles. The van der Waals surface area contributed by atoms with Crippen LogP contribution < -0.4 is 21.3 Å². The lowest BCUT2D eigenvalue weighted by Crippen LogP contribution is -2.45. The van der Waals surface area contributed by atoms with Crippen LogP contribution >= 0.6 is 0 Å². The molecule has 9 nitrogen and oxygen atoms in total. The average Bonchev–Trinajstić information content (AvgIpc) is 2.45. The van der Waals surface area contributed by atoms with Gasteiger partial charge in [-0.1, -0.05) is 0 Å². The SMILES string of the molecule is CN=C(NCCNC(=O)OC(C)(C)C)NCC(=O)NCCOC. The number of amides is 2. The molecule has 0 saturated heterocycles. The van der Waals surface area contributed by atoms with Crippen molar-refractivity contribution < 1.29 is 19.1 Å². The number of ether oxygens (including phenoxy) is 2. The van der Waals surface area contributed by atoms with E-state index in [1.54, 1.807) is 34.9 Å². The first-order valence-corrected chi connectivity index (χ1v) is 7.45. The van der Waals surface area contributed by atoms with Gasteiger partial charge in [0.2, 0.25) is 5.91 Å². The number of guanidine groups is 1. The van der Waals surface area contributed by atoms with Gasteiger partial charge in [0.1, 0.15) is 5.60 Å². The first kappa shape index (κ1) is 21.0. The van der Waals surface area contributed by atoms with Crippen LogP contribution in [0.2, 0.25) is 0 Å². The van der Waals surface area contributed by atoms with Gasteiger partial charge < -0.3 is 30.7 Å². The highest BCUT2D eigenvalue weighted by Crippen LogP contribution is 2.05. The smallest absolute Gasteiger partial charge is 0.407 e. The molecule has 0 bridgehead atoms. The maximum Gasteiger partial charge on any atom is 0.407 e. The Morgan fingerprint density at radius 1 is 1.00 bits per heavy atom. The molecule has 0 aliphatic carbocycles. The third kappa shape index (κ3) is 13.4. The molecule has 2 amide bonds. The number of carbonyl (C=O) groups is 2. The van der Waals surface area contributed by atoms with Crippen LogP contribution in [0.1, 0.15) is 20.8 Å². The number of methoxy groups -OCH3 is 1. The van der Waals surface area contributed by atoms with Crippen LogP contribution in [-0.2, 0) is 14.3 Å². The molecule has 0 saturated carbocycles. The lowest BCUT2D eigenvalue weighted by molar-refractivity contribution is -0.120. The summed E-state index contributed by atoms with van der Waals surface area (Å²) in [6.45, 7) is 7.25. The van der Waals surface area contributed by atoms with Gasteiger partial charge in [-0.25, -0.2) is 4.79 Å². The van der Waals surface area contributed by atoms with Crippen LogP contribution in [0.3, 0.4) is 0 Å². The standard InChI is InChI=1S/C14H29N5O4/c1-14(2,3)23-13(21)18-7-6-17-12(15-4)19-10-11(20)16-8-9-22-5/h6-10H2,1-5H3,(H,16,20)(H,18,21)(H2,15,17,19). The van der Waals surface area contributed by atoms with Crippen molar-refractivity contribution in [1.29, 1.82) is 0 Å². The van der Waals surface area contributed by atoms with Gasteiger partial charge in [-0.05, 0) is 20.8 Å². The van der Waals surface area contributed by atoms with Crippen molar-refractivity contribution in [2.45, 2.75) is 26.4 Å². The zero-order chi connectivity index (χ0) is 17.7. The molecule has 0 spiro atoms. The highest BCUT2D eigenvalue weighted by atomic mass is 16.6. The number of hydrogen-bond donors (Lipinski definition) is 4. The lowest BCUT2D eigenvalue weighted by Gasteiger charge is -2.19. The molecule has 134 valence electrons. The van der Waals surface area contributed by atoms with Crippen molar-refractivity contribution >= 4 is 18.0 Å². The Hall–Kier alpha value is -2.03. The van der Waals surface area contributed by atoms with E-state index in [4.69, 9.17) is 9.47 Å². The normalized spacial score (nSPS) is 11.6. The zero-order valence-electron chi connectivity index (χ0n) is 14.6. The Kier molecular flexibility index (Phi) is 10.5. The predicted octanol–water partition coefficient (Wildman–Crippen LogP) is -0.561. The van der Waals surface area contributed by atoms with Crippen molar-refractivity contribution in [1.82, 2.24) is 21.3 Å². The minimum Gasteiger partial charge on any atom is -0.444 e. The van der Waals surface area contributed by atoms with Gasteiger partial charge in [0.25, 0.3) is 0 Å². The van der Waals surface area contributed by atoms with E-state index in [2.05, 4.69) is 26.3 Å². The summed E-state index contributed by atoms with van der Waals surface area (Å²) in [6, 6.07) is 0. The summed E-state index contributed by atoms with van der Waals surface area (Å²) in [7, 11) is 3.17. The molecule has 0 heterocycles. The van der Waals surface area contributed by atoms with Gasteiger partial charge in [0.05, 0.1) is 13.2 Å². The Bertz CT molecular complexity index is 393. The number of rotatable bonds is 8. The number of nitrogens with zero attached hydrogens (tertiary/aromatic N) is 1. The van der Waals surface area contributed by atoms with E-state index < -0.39 is 11.7 Å². The second-order valence-electron chi connectivity index (χ2n) is 5.62.